The molecule has 0 saturated carbocycles. The van der Waals surface area contributed by atoms with Crippen molar-refractivity contribution in [1.29, 1.82) is 0 Å². The first kappa shape index (κ1) is 14.5. The van der Waals surface area contributed by atoms with Crippen LogP contribution in [0, 0.1) is 6.92 Å². The zero-order chi connectivity index (χ0) is 13.7. The summed E-state index contributed by atoms with van der Waals surface area (Å²) in [6.45, 7) is 5.96. The Morgan fingerprint density at radius 1 is 1.44 bits per heavy atom. The first-order valence-electron chi connectivity index (χ1n) is 6.06. The summed E-state index contributed by atoms with van der Waals surface area (Å²) < 4.78 is 5.21. The van der Waals surface area contributed by atoms with Crippen LogP contribution in [0.4, 0.5) is 0 Å². The molecule has 0 amide bonds. The molecule has 4 heteroatoms. The van der Waals surface area contributed by atoms with Crippen LogP contribution in [0.5, 0.6) is 5.75 Å². The lowest BCUT2D eigenvalue weighted by molar-refractivity contribution is -0.137. The highest BCUT2D eigenvalue weighted by Gasteiger charge is 2.17. The molecule has 0 spiro atoms. The van der Waals surface area contributed by atoms with E-state index in [1.54, 1.807) is 7.11 Å². The maximum absolute atomic E-state index is 10.9. The van der Waals surface area contributed by atoms with Gasteiger partial charge in [-0.3, -0.25) is 4.79 Å². The highest BCUT2D eigenvalue weighted by atomic mass is 16.5. The van der Waals surface area contributed by atoms with Crippen LogP contribution in [0.1, 0.15) is 37.4 Å². The van der Waals surface area contributed by atoms with E-state index in [9.17, 15) is 4.79 Å². The summed E-state index contributed by atoms with van der Waals surface area (Å²) in [6.07, 6.45) is 0.0734. The van der Waals surface area contributed by atoms with E-state index in [1.807, 2.05) is 39.0 Å². The minimum atomic E-state index is -0.804. The topological polar surface area (TPSA) is 58.6 Å². The summed E-state index contributed by atoms with van der Waals surface area (Å²) >= 11 is 0. The molecule has 100 valence electrons. The van der Waals surface area contributed by atoms with E-state index in [0.717, 1.165) is 16.9 Å². The van der Waals surface area contributed by atoms with E-state index in [4.69, 9.17) is 9.84 Å². The Balaban J connectivity index is 2.97. The first-order valence-corrected chi connectivity index (χ1v) is 6.06. The normalized spacial score (nSPS) is 12.5. The number of hydrogen-bond acceptors (Lipinski definition) is 3. The number of carboxylic acid groups (broad SMARTS) is 1. The Kier molecular flexibility index (Phi) is 5.16. The highest BCUT2D eigenvalue weighted by Crippen LogP contribution is 2.24. The van der Waals surface area contributed by atoms with Crippen LogP contribution in [-0.2, 0) is 4.79 Å². The maximum atomic E-state index is 10.9. The monoisotopic (exact) mass is 251 g/mol. The molecule has 18 heavy (non-hydrogen) atoms. The number of rotatable bonds is 6. The van der Waals surface area contributed by atoms with Crippen molar-refractivity contribution in [2.24, 2.45) is 0 Å². The summed E-state index contributed by atoms with van der Waals surface area (Å²) in [5.74, 6) is 0.0130. The van der Waals surface area contributed by atoms with Crippen molar-refractivity contribution < 1.29 is 14.6 Å². The lowest BCUT2D eigenvalue weighted by Crippen LogP contribution is -2.29. The van der Waals surface area contributed by atoms with Crippen molar-refractivity contribution in [1.82, 2.24) is 5.32 Å². The number of nitrogens with one attached hydrogen (secondary N) is 1. The van der Waals surface area contributed by atoms with Crippen LogP contribution in [-0.4, -0.2) is 24.2 Å². The molecule has 0 aromatic heterocycles. The van der Waals surface area contributed by atoms with Gasteiger partial charge in [-0.05, 0) is 24.1 Å². The third kappa shape index (κ3) is 4.04. The molecule has 0 saturated heterocycles. The molecule has 0 heterocycles. The van der Waals surface area contributed by atoms with Gasteiger partial charge >= 0.3 is 5.97 Å². The predicted octanol–water partition coefficient (Wildman–Crippen LogP) is 2.52. The second-order valence-electron chi connectivity index (χ2n) is 4.70. The smallest absolute Gasteiger partial charge is 0.305 e. The quantitative estimate of drug-likeness (QED) is 0.815. The molecule has 0 aliphatic rings. The van der Waals surface area contributed by atoms with Gasteiger partial charge in [-0.25, -0.2) is 0 Å². The number of carboxylic acids is 1. The Hall–Kier alpha value is -1.55. The minimum Gasteiger partial charge on any atom is -0.496 e. The van der Waals surface area contributed by atoms with Gasteiger partial charge in [0, 0.05) is 12.1 Å². The van der Waals surface area contributed by atoms with Crippen LogP contribution >= 0.6 is 0 Å². The molecule has 1 unspecified atom stereocenters. The van der Waals surface area contributed by atoms with Crippen LogP contribution in [0.25, 0.3) is 0 Å². The number of hydrogen-bond donors (Lipinski definition) is 2. The van der Waals surface area contributed by atoms with Crippen molar-refractivity contribution in [2.45, 2.75) is 39.3 Å². The van der Waals surface area contributed by atoms with Crippen molar-refractivity contribution in [3.63, 3.8) is 0 Å². The molecule has 1 atom stereocenters. The van der Waals surface area contributed by atoms with E-state index in [0.29, 0.717) is 0 Å². The van der Waals surface area contributed by atoms with Gasteiger partial charge in [0.2, 0.25) is 0 Å². The zero-order valence-electron chi connectivity index (χ0n) is 11.4. The Labute approximate surface area is 108 Å². The van der Waals surface area contributed by atoms with E-state index < -0.39 is 5.97 Å². The minimum absolute atomic E-state index is 0.0734. The number of benzene rings is 1. The molecule has 0 aliphatic carbocycles. The van der Waals surface area contributed by atoms with Crippen LogP contribution in [0.3, 0.4) is 0 Å². The van der Waals surface area contributed by atoms with Gasteiger partial charge in [0.1, 0.15) is 5.75 Å². The summed E-state index contributed by atoms with van der Waals surface area (Å²) in [5, 5.41) is 12.2. The molecule has 0 radical (unpaired) electrons. The second kappa shape index (κ2) is 6.40. The van der Waals surface area contributed by atoms with E-state index >= 15 is 0 Å². The van der Waals surface area contributed by atoms with E-state index in [1.165, 1.54) is 0 Å². The van der Waals surface area contributed by atoms with Gasteiger partial charge < -0.3 is 15.2 Å². The number of aryl methyl sites for hydroxylation is 1. The summed E-state index contributed by atoms with van der Waals surface area (Å²) in [7, 11) is 1.63. The van der Waals surface area contributed by atoms with E-state index in [-0.39, 0.29) is 18.5 Å². The highest BCUT2D eigenvalue weighted by molar-refractivity contribution is 5.68. The van der Waals surface area contributed by atoms with Gasteiger partial charge in [0.05, 0.1) is 13.5 Å². The van der Waals surface area contributed by atoms with Crippen molar-refractivity contribution in [3.8, 4) is 5.75 Å². The van der Waals surface area contributed by atoms with Gasteiger partial charge in [-0.1, -0.05) is 26.0 Å². The molecular formula is C14H21NO3. The fourth-order valence-corrected chi connectivity index (χ4v) is 1.97. The van der Waals surface area contributed by atoms with Gasteiger partial charge in [-0.2, -0.15) is 0 Å². The fraction of sp³-hybridized carbons (Fsp3) is 0.500. The molecule has 0 bridgehead atoms. The summed E-state index contributed by atoms with van der Waals surface area (Å²) in [4.78, 5) is 10.9. The van der Waals surface area contributed by atoms with Crippen LogP contribution in [0.15, 0.2) is 18.2 Å². The zero-order valence-corrected chi connectivity index (χ0v) is 11.4. The molecule has 0 aliphatic heterocycles. The lowest BCUT2D eigenvalue weighted by Gasteiger charge is -2.21. The van der Waals surface area contributed by atoms with E-state index in [2.05, 4.69) is 5.32 Å². The van der Waals surface area contributed by atoms with Crippen molar-refractivity contribution in [2.75, 3.05) is 7.11 Å². The SMILES string of the molecule is COc1ccc(C(CC(=O)O)NC(C)C)cc1C. The third-order valence-corrected chi connectivity index (χ3v) is 2.73. The van der Waals surface area contributed by atoms with Gasteiger partial charge in [-0.15, -0.1) is 0 Å². The average molecular weight is 251 g/mol. The molecule has 0 fully saturated rings. The summed E-state index contributed by atoms with van der Waals surface area (Å²) in [5.41, 5.74) is 1.99. The second-order valence-corrected chi connectivity index (χ2v) is 4.70. The van der Waals surface area contributed by atoms with Gasteiger partial charge in [0.25, 0.3) is 0 Å². The fourth-order valence-electron chi connectivity index (χ4n) is 1.97. The number of carbonyl (C=O) groups is 1. The average Bonchev–Trinajstić information content (AvgIpc) is 2.26. The number of ether oxygens (including phenoxy) is 1. The summed E-state index contributed by atoms with van der Waals surface area (Å²) in [6, 6.07) is 5.82. The Morgan fingerprint density at radius 3 is 2.56 bits per heavy atom. The van der Waals surface area contributed by atoms with Crippen molar-refractivity contribution in [3.05, 3.63) is 29.3 Å². The largest absolute Gasteiger partial charge is 0.496 e. The number of aliphatic carboxylic acids is 1. The molecule has 4 nitrogen and oxygen atoms in total. The third-order valence-electron chi connectivity index (χ3n) is 2.73. The molecule has 1 aromatic rings. The molecule has 1 rings (SSSR count). The van der Waals surface area contributed by atoms with Crippen LogP contribution in [0.2, 0.25) is 0 Å². The Morgan fingerprint density at radius 2 is 2.11 bits per heavy atom. The molecule has 1 aromatic carbocycles. The number of methoxy groups -OCH3 is 1. The predicted molar refractivity (Wildman–Crippen MR) is 71.0 cm³/mol. The van der Waals surface area contributed by atoms with Gasteiger partial charge in [0.15, 0.2) is 0 Å². The first-order chi connectivity index (χ1) is 8.43. The van der Waals surface area contributed by atoms with Crippen molar-refractivity contribution >= 4 is 5.97 Å². The Bertz CT molecular complexity index is 416. The molecular weight excluding hydrogens is 230 g/mol. The standard InChI is InChI=1S/C14H21NO3/c1-9(2)15-12(8-14(16)17)11-5-6-13(18-4)10(3)7-11/h5-7,9,12,15H,8H2,1-4H3,(H,16,17). The molecule has 2 N–H and O–H groups in total. The van der Waals surface area contributed by atoms with Crippen LogP contribution < -0.4 is 10.1 Å². The maximum Gasteiger partial charge on any atom is 0.305 e. The lowest BCUT2D eigenvalue weighted by atomic mass is 10.0.